The van der Waals surface area contributed by atoms with E-state index in [0.29, 0.717) is 11.7 Å². The Morgan fingerprint density at radius 2 is 2.05 bits per heavy atom. The molecule has 6 nitrogen and oxygen atoms in total. The van der Waals surface area contributed by atoms with Gasteiger partial charge in [-0.15, -0.1) is 0 Å². The molecule has 0 radical (unpaired) electrons. The van der Waals surface area contributed by atoms with Crippen molar-refractivity contribution < 1.29 is 4.52 Å². The second-order valence-electron chi connectivity index (χ2n) is 6.17. The van der Waals surface area contributed by atoms with Crippen LogP contribution in [0, 0.1) is 18.8 Å². The number of aryl methyl sites for hydroxylation is 1. The summed E-state index contributed by atoms with van der Waals surface area (Å²) in [7, 11) is 1.86. The molecular formula is C15H25N5O. The van der Waals surface area contributed by atoms with Gasteiger partial charge in [0.25, 0.3) is 0 Å². The summed E-state index contributed by atoms with van der Waals surface area (Å²) in [4.78, 5) is 11.1. The monoisotopic (exact) mass is 291 g/mol. The number of likely N-dealkylation sites (tertiary alicyclic amines) is 1. The second-order valence-corrected chi connectivity index (χ2v) is 6.17. The highest BCUT2D eigenvalue weighted by Gasteiger charge is 2.35. The Kier molecular flexibility index (Phi) is 4.41. The normalized spacial score (nSPS) is 26.0. The molecule has 1 saturated heterocycles. The van der Waals surface area contributed by atoms with E-state index in [1.54, 1.807) is 0 Å². The van der Waals surface area contributed by atoms with Crippen LogP contribution in [0.25, 0.3) is 0 Å². The van der Waals surface area contributed by atoms with E-state index in [1.165, 1.54) is 25.7 Å². The summed E-state index contributed by atoms with van der Waals surface area (Å²) < 4.78 is 5.13. The van der Waals surface area contributed by atoms with Crippen molar-refractivity contribution in [1.82, 2.24) is 20.4 Å². The lowest BCUT2D eigenvalue weighted by atomic mass is 9.82. The Morgan fingerprint density at radius 3 is 2.62 bits per heavy atom. The zero-order valence-corrected chi connectivity index (χ0v) is 13.0. The number of nitrogens with one attached hydrogen (secondary N) is 1. The van der Waals surface area contributed by atoms with E-state index >= 15 is 0 Å². The quantitative estimate of drug-likeness (QED) is 0.677. The van der Waals surface area contributed by atoms with E-state index in [1.807, 2.05) is 14.0 Å². The van der Waals surface area contributed by atoms with Crippen molar-refractivity contribution in [1.29, 1.82) is 0 Å². The van der Waals surface area contributed by atoms with Gasteiger partial charge in [-0.05, 0) is 31.6 Å². The zero-order valence-electron chi connectivity index (χ0n) is 13.0. The van der Waals surface area contributed by atoms with Gasteiger partial charge in [-0.25, -0.2) is 0 Å². The molecule has 1 N–H and O–H groups in total. The van der Waals surface area contributed by atoms with Crippen molar-refractivity contribution in [2.75, 3.05) is 26.7 Å². The molecule has 2 unspecified atom stereocenters. The Bertz CT molecular complexity index is 484. The number of hydrogen-bond acceptors (Lipinski definition) is 4. The van der Waals surface area contributed by atoms with Gasteiger partial charge in [-0.2, -0.15) is 4.98 Å². The van der Waals surface area contributed by atoms with E-state index in [4.69, 9.17) is 4.52 Å². The van der Waals surface area contributed by atoms with E-state index in [-0.39, 0.29) is 0 Å². The number of aromatic nitrogens is 2. The lowest BCUT2D eigenvalue weighted by molar-refractivity contribution is 0.299. The third-order valence-corrected chi connectivity index (χ3v) is 4.68. The lowest BCUT2D eigenvalue weighted by Gasteiger charge is -2.22. The summed E-state index contributed by atoms with van der Waals surface area (Å²) in [5, 5.41) is 7.23. The highest BCUT2D eigenvalue weighted by atomic mass is 16.5. The van der Waals surface area contributed by atoms with E-state index < -0.39 is 0 Å². The number of rotatable bonds is 3. The summed E-state index contributed by atoms with van der Waals surface area (Å²) in [6.45, 7) is 4.93. The number of guanidine groups is 1. The highest BCUT2D eigenvalue weighted by Crippen LogP contribution is 2.35. The first-order valence-electron chi connectivity index (χ1n) is 8.01. The standard InChI is InChI=1S/C15H25N5O/c1-11-18-14(21-19-11)7-8-17-15(16-2)20-9-12-5-3-4-6-13(12)10-20/h12-13H,3-10H2,1-2H3,(H,16,17). The maximum Gasteiger partial charge on any atom is 0.228 e. The van der Waals surface area contributed by atoms with Crippen LogP contribution < -0.4 is 5.32 Å². The van der Waals surface area contributed by atoms with Crippen LogP contribution in [-0.2, 0) is 6.42 Å². The molecule has 1 aliphatic heterocycles. The van der Waals surface area contributed by atoms with Crippen molar-refractivity contribution in [3.05, 3.63) is 11.7 Å². The molecular weight excluding hydrogens is 266 g/mol. The molecule has 2 fully saturated rings. The fraction of sp³-hybridized carbons (Fsp3) is 0.800. The van der Waals surface area contributed by atoms with Gasteiger partial charge in [0.2, 0.25) is 5.89 Å². The average Bonchev–Trinajstić information content (AvgIpc) is 3.09. The second kappa shape index (κ2) is 6.45. The Hall–Kier alpha value is -1.59. The van der Waals surface area contributed by atoms with Gasteiger partial charge in [0, 0.05) is 33.1 Å². The molecule has 0 spiro atoms. The molecule has 2 aliphatic rings. The molecule has 21 heavy (non-hydrogen) atoms. The molecule has 0 bridgehead atoms. The van der Waals surface area contributed by atoms with Crippen molar-refractivity contribution in [2.45, 2.75) is 39.0 Å². The molecule has 1 aromatic rings. The molecule has 6 heteroatoms. The van der Waals surface area contributed by atoms with Crippen LogP contribution in [0.3, 0.4) is 0 Å². The van der Waals surface area contributed by atoms with E-state index in [0.717, 1.165) is 43.9 Å². The van der Waals surface area contributed by atoms with Crippen LogP contribution in [0.2, 0.25) is 0 Å². The van der Waals surface area contributed by atoms with Gasteiger partial charge in [0.05, 0.1) is 0 Å². The number of hydrogen-bond donors (Lipinski definition) is 1. The molecule has 2 heterocycles. The molecule has 1 aromatic heterocycles. The van der Waals surface area contributed by atoms with Crippen LogP contribution in [0.15, 0.2) is 9.52 Å². The number of nitrogens with zero attached hydrogens (tertiary/aromatic N) is 4. The van der Waals surface area contributed by atoms with E-state index in [9.17, 15) is 0 Å². The smallest absolute Gasteiger partial charge is 0.228 e. The molecule has 0 amide bonds. The van der Waals surface area contributed by atoms with E-state index in [2.05, 4.69) is 25.3 Å². The highest BCUT2D eigenvalue weighted by molar-refractivity contribution is 5.80. The minimum absolute atomic E-state index is 0.686. The first-order chi connectivity index (χ1) is 10.3. The van der Waals surface area contributed by atoms with Gasteiger partial charge < -0.3 is 14.7 Å². The van der Waals surface area contributed by atoms with Crippen molar-refractivity contribution in [3.63, 3.8) is 0 Å². The molecule has 3 rings (SSSR count). The van der Waals surface area contributed by atoms with Crippen LogP contribution in [0.5, 0.6) is 0 Å². The van der Waals surface area contributed by atoms with Crippen LogP contribution >= 0.6 is 0 Å². The molecule has 0 aromatic carbocycles. The van der Waals surface area contributed by atoms with Crippen LogP contribution in [0.4, 0.5) is 0 Å². The van der Waals surface area contributed by atoms with Crippen molar-refractivity contribution >= 4 is 5.96 Å². The summed E-state index contributed by atoms with van der Waals surface area (Å²) in [6.07, 6.45) is 6.31. The van der Waals surface area contributed by atoms with Gasteiger partial charge >= 0.3 is 0 Å². The minimum atomic E-state index is 0.686. The van der Waals surface area contributed by atoms with Gasteiger partial charge in [0.1, 0.15) is 0 Å². The molecule has 2 atom stereocenters. The van der Waals surface area contributed by atoms with Gasteiger partial charge in [0.15, 0.2) is 11.8 Å². The van der Waals surface area contributed by atoms with Crippen molar-refractivity contribution in [2.24, 2.45) is 16.8 Å². The molecule has 116 valence electrons. The zero-order chi connectivity index (χ0) is 14.7. The predicted octanol–water partition coefficient (Wildman–Crippen LogP) is 1.62. The van der Waals surface area contributed by atoms with Gasteiger partial charge in [-0.1, -0.05) is 18.0 Å². The Morgan fingerprint density at radius 1 is 1.33 bits per heavy atom. The van der Waals surface area contributed by atoms with Crippen molar-refractivity contribution in [3.8, 4) is 0 Å². The molecule has 1 aliphatic carbocycles. The SMILES string of the molecule is CN=C(NCCc1nc(C)no1)N1CC2CCCCC2C1. The molecule has 1 saturated carbocycles. The third-order valence-electron chi connectivity index (χ3n) is 4.68. The Labute approximate surface area is 126 Å². The first kappa shape index (κ1) is 14.4. The summed E-state index contributed by atoms with van der Waals surface area (Å²) in [5.74, 6) is 4.14. The predicted molar refractivity (Wildman–Crippen MR) is 81.1 cm³/mol. The van der Waals surface area contributed by atoms with Crippen LogP contribution in [-0.4, -0.2) is 47.7 Å². The number of aliphatic imine (C=N–C) groups is 1. The van der Waals surface area contributed by atoms with Crippen LogP contribution in [0.1, 0.15) is 37.4 Å². The maximum absolute atomic E-state index is 5.13. The summed E-state index contributed by atoms with van der Waals surface area (Å²) in [5.41, 5.74) is 0. The summed E-state index contributed by atoms with van der Waals surface area (Å²) in [6, 6.07) is 0. The maximum atomic E-state index is 5.13. The third kappa shape index (κ3) is 3.36. The van der Waals surface area contributed by atoms with Gasteiger partial charge in [-0.3, -0.25) is 4.99 Å². The Balaban J connectivity index is 1.49. The first-order valence-corrected chi connectivity index (χ1v) is 8.01. The lowest BCUT2D eigenvalue weighted by Crippen LogP contribution is -2.41. The number of fused-ring (bicyclic) bond motifs is 1. The average molecular weight is 291 g/mol. The topological polar surface area (TPSA) is 66.5 Å². The largest absolute Gasteiger partial charge is 0.356 e. The fourth-order valence-electron chi connectivity index (χ4n) is 3.63. The summed E-state index contributed by atoms with van der Waals surface area (Å²) >= 11 is 0. The minimum Gasteiger partial charge on any atom is -0.356 e. The fourth-order valence-corrected chi connectivity index (χ4v) is 3.63.